The van der Waals surface area contributed by atoms with Gasteiger partial charge in [0.1, 0.15) is 5.82 Å². The minimum atomic E-state index is 0. The second kappa shape index (κ2) is 10.9. The lowest BCUT2D eigenvalue weighted by molar-refractivity contribution is 0.640. The lowest BCUT2D eigenvalue weighted by Crippen LogP contribution is -2.37. The molecule has 28 heavy (non-hydrogen) atoms. The first-order valence-electron chi connectivity index (χ1n) is 9.28. The van der Waals surface area contributed by atoms with Gasteiger partial charge in [-0.3, -0.25) is 4.99 Å². The van der Waals surface area contributed by atoms with E-state index in [2.05, 4.69) is 67.8 Å². The molecule has 3 rings (SSSR count). The smallest absolute Gasteiger partial charge is 0.191 e. The molecule has 0 atom stereocenters. The Morgan fingerprint density at radius 2 is 1.96 bits per heavy atom. The lowest BCUT2D eigenvalue weighted by Gasteiger charge is -2.14. The molecular weight excluding hydrogens is 463 g/mol. The van der Waals surface area contributed by atoms with Crippen LogP contribution in [0.3, 0.4) is 0 Å². The van der Waals surface area contributed by atoms with E-state index < -0.39 is 0 Å². The normalized spacial score (nSPS) is 11.2. The monoisotopic (exact) mass is 492 g/mol. The number of nitrogens with one attached hydrogen (secondary N) is 2. The summed E-state index contributed by atoms with van der Waals surface area (Å²) in [6, 6.07) is 14.7. The number of nitrogens with zero attached hydrogens (tertiary/aromatic N) is 4. The summed E-state index contributed by atoms with van der Waals surface area (Å²) in [5, 5.41) is 8.04. The van der Waals surface area contributed by atoms with Crippen molar-refractivity contribution in [3.8, 4) is 0 Å². The fourth-order valence-electron chi connectivity index (χ4n) is 3.01. The standard InChI is InChI=1S/C21H28N6.HI/c1-22-21(25-16-17-9-12-23-20(15-17)26(2)3)24-11-6-13-27-14-10-18-7-4-5-8-19(18)27;/h4-5,7-10,12,14-15H,6,11,13,16H2,1-3H3,(H2,22,24,25);1H. The molecule has 0 amide bonds. The average Bonchev–Trinajstić information content (AvgIpc) is 3.11. The number of benzene rings is 1. The summed E-state index contributed by atoms with van der Waals surface area (Å²) >= 11 is 0. The molecule has 2 heterocycles. The molecule has 7 heteroatoms. The molecular formula is C21H29IN6. The van der Waals surface area contributed by atoms with Gasteiger partial charge in [-0.2, -0.15) is 0 Å². The van der Waals surface area contributed by atoms with E-state index >= 15 is 0 Å². The van der Waals surface area contributed by atoms with Gasteiger partial charge in [-0.25, -0.2) is 4.98 Å². The van der Waals surface area contributed by atoms with Gasteiger partial charge in [0, 0.05) is 58.7 Å². The maximum atomic E-state index is 4.34. The van der Waals surface area contributed by atoms with Gasteiger partial charge < -0.3 is 20.1 Å². The Balaban J connectivity index is 0.00000280. The zero-order valence-corrected chi connectivity index (χ0v) is 19.1. The van der Waals surface area contributed by atoms with Crippen LogP contribution in [0.15, 0.2) is 59.9 Å². The van der Waals surface area contributed by atoms with Crippen molar-refractivity contribution in [3.63, 3.8) is 0 Å². The maximum Gasteiger partial charge on any atom is 0.191 e. The van der Waals surface area contributed by atoms with Crippen molar-refractivity contribution in [3.05, 3.63) is 60.4 Å². The average molecular weight is 492 g/mol. The highest BCUT2D eigenvalue weighted by Crippen LogP contribution is 2.15. The Kier molecular flexibility index (Phi) is 8.56. The van der Waals surface area contributed by atoms with Crippen LogP contribution in [0.5, 0.6) is 0 Å². The van der Waals surface area contributed by atoms with Crippen LogP contribution in [0.2, 0.25) is 0 Å². The Morgan fingerprint density at radius 3 is 2.75 bits per heavy atom. The third kappa shape index (κ3) is 5.85. The van der Waals surface area contributed by atoms with Crippen molar-refractivity contribution in [2.45, 2.75) is 19.5 Å². The lowest BCUT2D eigenvalue weighted by atomic mass is 10.2. The number of pyridine rings is 1. The minimum Gasteiger partial charge on any atom is -0.363 e. The van der Waals surface area contributed by atoms with Crippen LogP contribution in [0.1, 0.15) is 12.0 Å². The SMILES string of the molecule is CN=C(NCCCn1ccc2ccccc21)NCc1ccnc(N(C)C)c1.I. The maximum absolute atomic E-state index is 4.34. The number of aliphatic imine (C=N–C) groups is 1. The van der Waals surface area contributed by atoms with Crippen molar-refractivity contribution in [2.24, 2.45) is 4.99 Å². The molecule has 0 aliphatic carbocycles. The van der Waals surface area contributed by atoms with Crippen molar-refractivity contribution >= 4 is 46.7 Å². The Bertz CT molecular complexity index is 903. The molecule has 150 valence electrons. The third-order valence-electron chi connectivity index (χ3n) is 4.50. The highest BCUT2D eigenvalue weighted by atomic mass is 127. The largest absolute Gasteiger partial charge is 0.363 e. The number of halogens is 1. The van der Waals surface area contributed by atoms with Crippen molar-refractivity contribution in [2.75, 3.05) is 32.6 Å². The summed E-state index contributed by atoms with van der Waals surface area (Å²) < 4.78 is 2.30. The molecule has 0 fully saturated rings. The van der Waals surface area contributed by atoms with E-state index in [1.807, 2.05) is 31.3 Å². The molecule has 0 spiro atoms. The van der Waals surface area contributed by atoms with Gasteiger partial charge in [0.05, 0.1) is 0 Å². The van der Waals surface area contributed by atoms with Gasteiger partial charge in [-0.15, -0.1) is 24.0 Å². The number of aromatic nitrogens is 2. The number of para-hydroxylation sites is 1. The number of hydrogen-bond acceptors (Lipinski definition) is 3. The van der Waals surface area contributed by atoms with Gasteiger partial charge in [0.15, 0.2) is 5.96 Å². The van der Waals surface area contributed by atoms with Crippen LogP contribution < -0.4 is 15.5 Å². The Hall–Kier alpha value is -2.29. The molecule has 0 aliphatic rings. The van der Waals surface area contributed by atoms with Gasteiger partial charge in [-0.05, 0) is 41.6 Å². The quantitative estimate of drug-likeness (QED) is 0.230. The van der Waals surface area contributed by atoms with Gasteiger partial charge in [0.25, 0.3) is 0 Å². The molecule has 1 aromatic carbocycles. The highest BCUT2D eigenvalue weighted by Gasteiger charge is 2.03. The zero-order chi connectivity index (χ0) is 19.1. The fraction of sp³-hybridized carbons (Fsp3) is 0.333. The molecule has 0 bridgehead atoms. The summed E-state index contributed by atoms with van der Waals surface area (Å²) in [7, 11) is 5.79. The Morgan fingerprint density at radius 1 is 1.14 bits per heavy atom. The van der Waals surface area contributed by atoms with Crippen LogP contribution in [0.4, 0.5) is 5.82 Å². The minimum absolute atomic E-state index is 0. The number of hydrogen-bond donors (Lipinski definition) is 2. The molecule has 0 saturated carbocycles. The second-order valence-electron chi connectivity index (χ2n) is 6.69. The summed E-state index contributed by atoms with van der Waals surface area (Å²) in [5.74, 6) is 1.77. The summed E-state index contributed by atoms with van der Waals surface area (Å²) in [6.45, 7) is 2.56. The number of rotatable bonds is 7. The first-order valence-corrected chi connectivity index (χ1v) is 9.28. The van der Waals surface area contributed by atoms with Crippen molar-refractivity contribution < 1.29 is 0 Å². The summed E-state index contributed by atoms with van der Waals surface area (Å²) in [6.07, 6.45) is 5.02. The van der Waals surface area contributed by atoms with E-state index in [1.54, 1.807) is 7.05 Å². The summed E-state index contributed by atoms with van der Waals surface area (Å²) in [5.41, 5.74) is 2.46. The Labute approximate surface area is 184 Å². The topological polar surface area (TPSA) is 57.5 Å². The third-order valence-corrected chi connectivity index (χ3v) is 4.50. The van der Waals surface area contributed by atoms with Gasteiger partial charge in [-0.1, -0.05) is 18.2 Å². The molecule has 2 N–H and O–H groups in total. The predicted octanol–water partition coefficient (Wildman–Crippen LogP) is 3.48. The van der Waals surface area contributed by atoms with E-state index in [4.69, 9.17) is 0 Å². The molecule has 0 unspecified atom stereocenters. The van der Waals surface area contributed by atoms with Crippen molar-refractivity contribution in [1.29, 1.82) is 0 Å². The van der Waals surface area contributed by atoms with Gasteiger partial charge in [0.2, 0.25) is 0 Å². The van der Waals surface area contributed by atoms with E-state index in [0.29, 0.717) is 6.54 Å². The predicted molar refractivity (Wildman–Crippen MR) is 129 cm³/mol. The molecule has 3 aromatic rings. The zero-order valence-electron chi connectivity index (χ0n) is 16.7. The molecule has 2 aromatic heterocycles. The molecule has 0 aliphatic heterocycles. The van der Waals surface area contributed by atoms with Crippen LogP contribution in [-0.2, 0) is 13.1 Å². The fourth-order valence-corrected chi connectivity index (χ4v) is 3.01. The molecule has 0 saturated heterocycles. The number of anilines is 1. The first kappa shape index (κ1) is 22.0. The highest BCUT2D eigenvalue weighted by molar-refractivity contribution is 14.0. The van der Waals surface area contributed by atoms with Crippen LogP contribution in [0.25, 0.3) is 10.9 Å². The number of guanidine groups is 1. The van der Waals surface area contributed by atoms with Crippen LogP contribution in [-0.4, -0.2) is 43.2 Å². The van der Waals surface area contributed by atoms with Crippen molar-refractivity contribution in [1.82, 2.24) is 20.2 Å². The number of fused-ring (bicyclic) bond motifs is 1. The van der Waals surface area contributed by atoms with E-state index in [9.17, 15) is 0 Å². The van der Waals surface area contributed by atoms with Crippen LogP contribution >= 0.6 is 24.0 Å². The van der Waals surface area contributed by atoms with Crippen LogP contribution in [0, 0.1) is 0 Å². The first-order chi connectivity index (χ1) is 13.2. The molecule has 0 radical (unpaired) electrons. The van der Waals surface area contributed by atoms with E-state index in [0.717, 1.165) is 31.3 Å². The van der Waals surface area contributed by atoms with E-state index in [-0.39, 0.29) is 24.0 Å². The number of aryl methyl sites for hydroxylation is 1. The van der Waals surface area contributed by atoms with Gasteiger partial charge >= 0.3 is 0 Å². The molecule has 6 nitrogen and oxygen atoms in total. The second-order valence-corrected chi connectivity index (χ2v) is 6.69. The van der Waals surface area contributed by atoms with E-state index in [1.165, 1.54) is 16.5 Å². The summed E-state index contributed by atoms with van der Waals surface area (Å²) in [4.78, 5) is 10.7.